The first-order chi connectivity index (χ1) is 3.46. The van der Waals surface area contributed by atoms with Crippen molar-refractivity contribution in [3.63, 3.8) is 0 Å². The minimum atomic E-state index is -2.08. The summed E-state index contributed by atoms with van der Waals surface area (Å²) in [5, 5.41) is 30.6. The van der Waals surface area contributed by atoms with E-state index in [1.807, 2.05) is 0 Å². The summed E-state index contributed by atoms with van der Waals surface area (Å²) in [5.74, 6) is 0. The van der Waals surface area contributed by atoms with Gasteiger partial charge in [-0.15, -0.1) is 0 Å². The Hall–Kier alpha value is 1.44. The van der Waals surface area contributed by atoms with Gasteiger partial charge in [-0.25, -0.2) is 0 Å². The van der Waals surface area contributed by atoms with Crippen LogP contribution in [0.3, 0.4) is 0 Å². The molecule has 0 radical (unpaired) electrons. The summed E-state index contributed by atoms with van der Waals surface area (Å²) in [6, 6.07) is 0. The van der Waals surface area contributed by atoms with Crippen LogP contribution in [0, 0.1) is 0 Å². The number of hydrogen-bond acceptors (Lipinski definition) is 4. The molecule has 6 nitrogen and oxygen atoms in total. The van der Waals surface area contributed by atoms with Crippen molar-refractivity contribution in [3.05, 3.63) is 0 Å². The Morgan fingerprint density at radius 3 is 1.10 bits per heavy atom. The zero-order valence-corrected chi connectivity index (χ0v) is 10.6. The second-order valence-corrected chi connectivity index (χ2v) is 0.532. The van der Waals surface area contributed by atoms with Crippen LogP contribution in [0.5, 0.6) is 0 Å². The van der Waals surface area contributed by atoms with Gasteiger partial charge in [0.25, 0.3) is 0 Å². The van der Waals surface area contributed by atoms with Crippen molar-refractivity contribution in [1.29, 1.82) is 0 Å². The fourth-order valence-corrected chi connectivity index (χ4v) is 0. The summed E-state index contributed by atoms with van der Waals surface area (Å²) >= 11 is 0. The Balaban J connectivity index is -0.0000000171. The van der Waals surface area contributed by atoms with Crippen molar-refractivity contribution in [2.45, 2.75) is 0 Å². The summed E-state index contributed by atoms with van der Waals surface area (Å²) < 4.78 is 0. The van der Waals surface area contributed by atoms with E-state index in [9.17, 15) is 0 Å². The zero-order chi connectivity index (χ0) is 7.15. The van der Waals surface area contributed by atoms with Crippen LogP contribution in [0.4, 0.5) is 9.59 Å². The normalized spacial score (nSPS) is 4.80. The van der Waals surface area contributed by atoms with E-state index in [1.54, 1.807) is 0 Å². The Labute approximate surface area is 130 Å². The van der Waals surface area contributed by atoms with Gasteiger partial charge in [0.05, 0.1) is 0 Å². The summed E-state index contributed by atoms with van der Waals surface area (Å²) in [6.45, 7) is 0. The monoisotopic (exact) mass is 202 g/mol. The van der Waals surface area contributed by atoms with E-state index in [2.05, 4.69) is 0 Å². The summed E-state index contributed by atoms with van der Waals surface area (Å²) in [5.41, 5.74) is 0. The van der Waals surface area contributed by atoms with Gasteiger partial charge in [-0.3, -0.25) is 0 Å². The van der Waals surface area contributed by atoms with Crippen LogP contribution in [-0.4, -0.2) is 60.3 Å². The standard InChI is InChI=1S/2CH2O3.Ca.K.H/c2*2-1(3)4;;;/h2*(H2,2,3,4);;;/q;;+2;+1;-1/p-2. The molecule has 50 valence electrons. The Morgan fingerprint density at radius 1 is 1.10 bits per heavy atom. The van der Waals surface area contributed by atoms with Crippen molar-refractivity contribution in [2.24, 2.45) is 0 Å². The van der Waals surface area contributed by atoms with Gasteiger partial charge in [-0.1, -0.05) is 0 Å². The van der Waals surface area contributed by atoms with Crippen molar-refractivity contribution < 1.29 is 82.8 Å². The van der Waals surface area contributed by atoms with Crippen LogP contribution in [0.1, 0.15) is 1.43 Å². The van der Waals surface area contributed by atoms with Gasteiger partial charge in [0, 0.05) is 0 Å². The predicted molar refractivity (Wildman–Crippen MR) is 22.9 cm³/mol. The quantitative estimate of drug-likeness (QED) is 0.378. The number of carboxylic acid groups (broad SMARTS) is 4. The zero-order valence-electron chi connectivity index (χ0n) is 6.23. The summed E-state index contributed by atoms with van der Waals surface area (Å²) in [7, 11) is 0. The van der Waals surface area contributed by atoms with Crippen LogP contribution in [0.15, 0.2) is 0 Å². The summed E-state index contributed by atoms with van der Waals surface area (Å²) in [6.07, 6.45) is -4.17. The maximum Gasteiger partial charge on any atom is 2.00 e. The Bertz CT molecular complexity index is 78.6. The SMILES string of the molecule is O=C([O-])O.O=C([O-])O.[Ca+2].[H-].[K+]. The first kappa shape index (κ1) is 22.5. The molecule has 0 aromatic rings. The molecule has 0 fully saturated rings. The first-order valence-electron chi connectivity index (χ1n) is 1.26. The molecule has 2 N–H and O–H groups in total. The van der Waals surface area contributed by atoms with E-state index in [0.717, 1.165) is 0 Å². The van der Waals surface area contributed by atoms with Gasteiger partial charge in [0.2, 0.25) is 12.3 Å². The molecule has 0 bridgehead atoms. The van der Waals surface area contributed by atoms with E-state index in [0.29, 0.717) is 0 Å². The van der Waals surface area contributed by atoms with Crippen molar-refractivity contribution in [3.8, 4) is 0 Å². The molecule has 0 aliphatic rings. The van der Waals surface area contributed by atoms with Crippen LogP contribution in [0.25, 0.3) is 0 Å². The average molecular weight is 202 g/mol. The van der Waals surface area contributed by atoms with Gasteiger partial charge in [-0.2, -0.15) is 0 Å². The fourth-order valence-electron chi connectivity index (χ4n) is 0. The van der Waals surface area contributed by atoms with Gasteiger partial charge < -0.3 is 31.4 Å². The third-order valence-electron chi connectivity index (χ3n) is 0. The Morgan fingerprint density at radius 2 is 1.10 bits per heavy atom. The largest absolute Gasteiger partial charge is 2.00 e. The molecule has 0 aromatic carbocycles. The van der Waals surface area contributed by atoms with Gasteiger partial charge in [0.1, 0.15) is 0 Å². The summed E-state index contributed by atoms with van der Waals surface area (Å²) in [4.78, 5) is 16.9. The molecule has 0 aromatic heterocycles. The van der Waals surface area contributed by atoms with Crippen LogP contribution >= 0.6 is 0 Å². The number of rotatable bonds is 0. The van der Waals surface area contributed by atoms with Crippen LogP contribution in [0.2, 0.25) is 0 Å². The van der Waals surface area contributed by atoms with E-state index in [4.69, 9.17) is 30.0 Å². The van der Waals surface area contributed by atoms with Crippen molar-refractivity contribution in [1.82, 2.24) is 0 Å². The molecular weight excluding hydrogens is 199 g/mol. The third-order valence-corrected chi connectivity index (χ3v) is 0. The number of carbonyl (C=O) groups is 2. The molecule has 0 aliphatic heterocycles. The molecule has 10 heavy (non-hydrogen) atoms. The van der Waals surface area contributed by atoms with Gasteiger partial charge in [0.15, 0.2) is 0 Å². The first-order valence-corrected chi connectivity index (χ1v) is 1.26. The van der Waals surface area contributed by atoms with E-state index in [-0.39, 0.29) is 90.5 Å². The minimum absolute atomic E-state index is 0. The second kappa shape index (κ2) is 16.8. The molecule has 0 saturated heterocycles. The molecule has 0 saturated carbocycles. The van der Waals surface area contributed by atoms with Crippen LogP contribution < -0.4 is 61.6 Å². The molecule has 0 rings (SSSR count). The van der Waals surface area contributed by atoms with Crippen molar-refractivity contribution in [2.75, 3.05) is 0 Å². The topological polar surface area (TPSA) is 121 Å². The van der Waals surface area contributed by atoms with E-state index in [1.165, 1.54) is 0 Å². The molecule has 0 heterocycles. The number of hydrogen-bond donors (Lipinski definition) is 2. The second-order valence-electron chi connectivity index (χ2n) is 0.532. The maximum absolute atomic E-state index is 8.44. The van der Waals surface area contributed by atoms with Crippen LogP contribution in [-0.2, 0) is 0 Å². The van der Waals surface area contributed by atoms with Gasteiger partial charge in [-0.05, 0) is 0 Å². The third kappa shape index (κ3) is 326. The van der Waals surface area contributed by atoms with Crippen molar-refractivity contribution >= 4 is 50.0 Å². The fraction of sp³-hybridized carbons (Fsp3) is 0. The molecule has 0 atom stereocenters. The molecule has 8 heteroatoms. The van der Waals surface area contributed by atoms with E-state index >= 15 is 0 Å². The molecule has 0 amide bonds. The van der Waals surface area contributed by atoms with E-state index < -0.39 is 12.3 Å². The van der Waals surface area contributed by atoms with Gasteiger partial charge >= 0.3 is 89.1 Å². The maximum atomic E-state index is 8.44. The minimum Gasteiger partial charge on any atom is -1.00 e. The molecule has 0 unspecified atom stereocenters. The molecule has 0 spiro atoms. The molecular formula is C2H3CaKO6. The molecule has 0 aliphatic carbocycles. The average Bonchev–Trinajstić information content (AvgIpc) is 1.25. The Kier molecular flexibility index (Phi) is 37.9. The smallest absolute Gasteiger partial charge is 1.00 e. The predicted octanol–water partition coefficient (Wildman–Crippen LogP) is -5.49.